The summed E-state index contributed by atoms with van der Waals surface area (Å²) in [6.07, 6.45) is -2.76. The quantitative estimate of drug-likeness (QED) is 0.628. The Kier molecular flexibility index (Phi) is 7.61. The number of carboxylic acid groups (broad SMARTS) is 1. The van der Waals surface area contributed by atoms with Gasteiger partial charge in [0.1, 0.15) is 36.2 Å². The van der Waals surface area contributed by atoms with Crippen LogP contribution in [0, 0.1) is 5.82 Å². The van der Waals surface area contributed by atoms with E-state index < -0.39 is 48.7 Å². The third kappa shape index (κ3) is 5.90. The van der Waals surface area contributed by atoms with Crippen molar-refractivity contribution in [3.05, 3.63) is 66.0 Å². The Morgan fingerprint density at radius 3 is 2.55 bits per heavy atom. The highest BCUT2D eigenvalue weighted by Gasteiger charge is 2.51. The van der Waals surface area contributed by atoms with Crippen LogP contribution in [0.4, 0.5) is 4.39 Å². The molecule has 0 aromatic heterocycles. The van der Waals surface area contributed by atoms with Crippen molar-refractivity contribution >= 4 is 23.6 Å². The predicted octanol–water partition coefficient (Wildman–Crippen LogP) is 2.73. The van der Waals surface area contributed by atoms with Gasteiger partial charge in [-0.05, 0) is 24.3 Å². The van der Waals surface area contributed by atoms with E-state index in [1.54, 1.807) is 12.1 Å². The van der Waals surface area contributed by atoms with Gasteiger partial charge in [0.05, 0.1) is 12.6 Å². The minimum absolute atomic E-state index is 0.185. The van der Waals surface area contributed by atoms with Crippen molar-refractivity contribution < 1.29 is 38.0 Å². The summed E-state index contributed by atoms with van der Waals surface area (Å²) < 4.78 is 37.4. The van der Waals surface area contributed by atoms with Gasteiger partial charge in [0, 0.05) is 17.4 Å². The zero-order valence-corrected chi connectivity index (χ0v) is 18.6. The Balaban J connectivity index is 1.61. The van der Waals surface area contributed by atoms with E-state index in [0.717, 1.165) is 5.56 Å². The number of ether oxygens (including phenoxy) is 4. The molecule has 2 saturated heterocycles. The number of carbonyl (C=O) groups excluding carboxylic acids is 1. The lowest BCUT2D eigenvalue weighted by atomic mass is 9.96. The average Bonchev–Trinajstić information content (AvgIpc) is 2.80. The van der Waals surface area contributed by atoms with E-state index in [2.05, 4.69) is 5.32 Å². The number of rotatable bonds is 7. The maximum absolute atomic E-state index is 13.3. The lowest BCUT2D eigenvalue weighted by molar-refractivity contribution is -0.311. The number of nitrogens with one attached hydrogen (secondary N) is 1. The number of carbonyl (C=O) groups is 2. The Bertz CT molecular complexity index is 961. The van der Waals surface area contributed by atoms with Crippen LogP contribution in [0.15, 0.2) is 59.5 Å². The summed E-state index contributed by atoms with van der Waals surface area (Å²) in [5, 5.41) is 12.0. The number of hydrogen-bond donors (Lipinski definition) is 2. The first kappa shape index (κ1) is 23.7. The predicted molar refractivity (Wildman–Crippen MR) is 116 cm³/mol. The first-order valence-electron chi connectivity index (χ1n) is 10.4. The Hall–Kier alpha value is -2.50. The Morgan fingerprint density at radius 1 is 1.15 bits per heavy atom. The molecule has 6 atom stereocenters. The topological polar surface area (TPSA) is 103 Å². The highest BCUT2D eigenvalue weighted by atomic mass is 32.2. The van der Waals surface area contributed by atoms with Crippen LogP contribution in [0.1, 0.15) is 18.8 Å². The second-order valence-corrected chi connectivity index (χ2v) is 8.86. The number of amides is 1. The SMILES string of the molecule is CC(=O)NC1C(Sc2ccc(F)cc2)OC2COC(c3ccccc3)OC2C1OCC(=O)O. The van der Waals surface area contributed by atoms with Crippen LogP contribution in [0.2, 0.25) is 0 Å². The van der Waals surface area contributed by atoms with Gasteiger partial charge >= 0.3 is 5.97 Å². The van der Waals surface area contributed by atoms with Gasteiger partial charge in [0.15, 0.2) is 6.29 Å². The molecule has 4 rings (SSSR count). The number of thioether (sulfide) groups is 1. The monoisotopic (exact) mass is 477 g/mol. The maximum atomic E-state index is 13.3. The highest BCUT2D eigenvalue weighted by molar-refractivity contribution is 7.99. The largest absolute Gasteiger partial charge is 0.480 e. The van der Waals surface area contributed by atoms with E-state index in [0.29, 0.717) is 4.90 Å². The molecule has 10 heteroatoms. The standard InChI is InChI=1S/C23H24FNO7S/c1-13(26)25-19-21(29-12-18(27)28)20-17(11-30-22(32-20)14-5-3-2-4-6-14)31-23(19)33-16-9-7-15(24)8-10-16/h2-10,17,19-23H,11-12H2,1H3,(H,25,26)(H,27,28). The molecule has 2 fully saturated rings. The summed E-state index contributed by atoms with van der Waals surface area (Å²) in [5.74, 6) is -1.84. The zero-order valence-electron chi connectivity index (χ0n) is 17.8. The van der Waals surface area contributed by atoms with Crippen molar-refractivity contribution in [2.75, 3.05) is 13.2 Å². The fourth-order valence-electron chi connectivity index (χ4n) is 3.85. The van der Waals surface area contributed by atoms with Crippen LogP contribution in [0.3, 0.4) is 0 Å². The molecule has 0 aliphatic carbocycles. The van der Waals surface area contributed by atoms with E-state index in [9.17, 15) is 19.1 Å². The molecule has 33 heavy (non-hydrogen) atoms. The number of hydrogen-bond acceptors (Lipinski definition) is 7. The number of fused-ring (bicyclic) bond motifs is 1. The molecule has 8 nitrogen and oxygen atoms in total. The Labute approximate surface area is 194 Å². The van der Waals surface area contributed by atoms with Crippen molar-refractivity contribution in [1.29, 1.82) is 0 Å². The number of aliphatic carboxylic acids is 1. The van der Waals surface area contributed by atoms with Crippen LogP contribution < -0.4 is 5.32 Å². The van der Waals surface area contributed by atoms with E-state index in [1.807, 2.05) is 30.3 Å². The fourth-order valence-corrected chi connectivity index (χ4v) is 4.98. The molecular weight excluding hydrogens is 453 g/mol. The van der Waals surface area contributed by atoms with Crippen LogP contribution in [0.5, 0.6) is 0 Å². The zero-order chi connectivity index (χ0) is 23.4. The maximum Gasteiger partial charge on any atom is 0.329 e. The minimum atomic E-state index is -1.14. The lowest BCUT2D eigenvalue weighted by Gasteiger charge is -2.49. The van der Waals surface area contributed by atoms with Crippen LogP contribution >= 0.6 is 11.8 Å². The van der Waals surface area contributed by atoms with Crippen LogP contribution in [-0.2, 0) is 28.5 Å². The molecule has 2 heterocycles. The average molecular weight is 478 g/mol. The molecule has 0 saturated carbocycles. The Morgan fingerprint density at radius 2 is 1.88 bits per heavy atom. The highest BCUT2D eigenvalue weighted by Crippen LogP contribution is 2.40. The second-order valence-electron chi connectivity index (χ2n) is 7.69. The van der Waals surface area contributed by atoms with Gasteiger partial charge < -0.3 is 29.4 Å². The fraction of sp³-hybridized carbons (Fsp3) is 0.391. The summed E-state index contributed by atoms with van der Waals surface area (Å²) in [6.45, 7) is 0.972. The van der Waals surface area contributed by atoms with Crippen molar-refractivity contribution in [2.24, 2.45) is 0 Å². The van der Waals surface area contributed by atoms with Gasteiger partial charge in [-0.25, -0.2) is 9.18 Å². The molecule has 2 aromatic rings. The molecule has 2 aliphatic heterocycles. The van der Waals surface area contributed by atoms with E-state index in [-0.39, 0.29) is 18.3 Å². The first-order chi connectivity index (χ1) is 15.9. The molecule has 0 spiro atoms. The third-order valence-corrected chi connectivity index (χ3v) is 6.43. The van der Waals surface area contributed by atoms with E-state index in [1.165, 1.54) is 30.8 Å². The minimum Gasteiger partial charge on any atom is -0.480 e. The van der Waals surface area contributed by atoms with Gasteiger partial charge in [-0.2, -0.15) is 0 Å². The molecule has 0 radical (unpaired) electrons. The van der Waals surface area contributed by atoms with Crippen molar-refractivity contribution in [3.63, 3.8) is 0 Å². The number of carboxylic acids is 1. The molecule has 2 aliphatic rings. The van der Waals surface area contributed by atoms with Crippen molar-refractivity contribution in [2.45, 2.75) is 47.9 Å². The van der Waals surface area contributed by atoms with E-state index in [4.69, 9.17) is 18.9 Å². The molecule has 1 amide bonds. The lowest BCUT2D eigenvalue weighted by Crippen LogP contribution is -2.66. The molecule has 2 aromatic carbocycles. The molecule has 176 valence electrons. The summed E-state index contributed by atoms with van der Waals surface area (Å²) in [6, 6.07) is 14.5. The first-order valence-corrected chi connectivity index (χ1v) is 11.3. The number of halogens is 1. The van der Waals surface area contributed by atoms with Crippen LogP contribution in [-0.4, -0.2) is 60.0 Å². The smallest absolute Gasteiger partial charge is 0.329 e. The van der Waals surface area contributed by atoms with Gasteiger partial charge in [0.25, 0.3) is 0 Å². The van der Waals surface area contributed by atoms with Gasteiger partial charge in [-0.15, -0.1) is 0 Å². The summed E-state index contributed by atoms with van der Waals surface area (Å²) >= 11 is 1.27. The third-order valence-electron chi connectivity index (χ3n) is 5.25. The summed E-state index contributed by atoms with van der Waals surface area (Å²) in [4.78, 5) is 24.0. The van der Waals surface area contributed by atoms with Crippen LogP contribution in [0.25, 0.3) is 0 Å². The molecular formula is C23H24FNO7S. The van der Waals surface area contributed by atoms with E-state index >= 15 is 0 Å². The van der Waals surface area contributed by atoms with Crippen molar-refractivity contribution in [3.8, 4) is 0 Å². The molecule has 0 bridgehead atoms. The molecule has 2 N–H and O–H groups in total. The molecule has 6 unspecified atom stereocenters. The van der Waals surface area contributed by atoms with Crippen molar-refractivity contribution in [1.82, 2.24) is 5.32 Å². The van der Waals surface area contributed by atoms with Gasteiger partial charge in [-0.3, -0.25) is 4.79 Å². The summed E-state index contributed by atoms with van der Waals surface area (Å²) in [5.41, 5.74) is 0.145. The van der Waals surface area contributed by atoms with Gasteiger partial charge in [0.2, 0.25) is 5.91 Å². The van der Waals surface area contributed by atoms with Gasteiger partial charge in [-0.1, -0.05) is 42.1 Å². The normalized spacial score (nSPS) is 29.2. The number of benzene rings is 2. The second kappa shape index (κ2) is 10.6. The summed E-state index contributed by atoms with van der Waals surface area (Å²) in [7, 11) is 0.